The number of aliphatic carboxylic acids is 1. The van der Waals surface area contributed by atoms with E-state index in [-0.39, 0.29) is 11.6 Å². The number of hydrogen-bond acceptors (Lipinski definition) is 2. The molecule has 5 heteroatoms. The monoisotopic (exact) mass is 354 g/mol. The van der Waals surface area contributed by atoms with E-state index in [1.54, 1.807) is 0 Å². The number of carbonyl (C=O) groups excluding carboxylic acids is 1. The molecule has 0 aliphatic rings. The number of nitrogens with one attached hydrogen (secondary N) is 2. The number of carbonyl (C=O) groups is 2. The summed E-state index contributed by atoms with van der Waals surface area (Å²) >= 11 is 0. The first kappa shape index (κ1) is 23.5. The minimum Gasteiger partial charge on any atom is -0.481 e. The first-order valence-electron chi connectivity index (χ1n) is 9.82. The number of rotatable bonds is 16. The molecule has 0 rings (SSSR count). The van der Waals surface area contributed by atoms with Crippen LogP contribution in [-0.4, -0.2) is 29.2 Å². The van der Waals surface area contributed by atoms with Crippen LogP contribution in [-0.2, 0) is 4.79 Å². The summed E-state index contributed by atoms with van der Waals surface area (Å²) in [4.78, 5) is 22.3. The van der Waals surface area contributed by atoms with E-state index in [0.29, 0.717) is 6.42 Å². The highest BCUT2D eigenvalue weighted by Gasteiger charge is 2.22. The van der Waals surface area contributed by atoms with E-state index in [2.05, 4.69) is 24.1 Å². The molecule has 0 aromatic rings. The van der Waals surface area contributed by atoms with Crippen LogP contribution in [0, 0.1) is 0 Å². The lowest BCUT2D eigenvalue weighted by atomic mass is 9.95. The maximum atomic E-state index is 11.9. The van der Waals surface area contributed by atoms with E-state index in [1.807, 2.05) is 13.0 Å². The third kappa shape index (κ3) is 14.5. The number of urea groups is 1. The zero-order valence-electron chi connectivity index (χ0n) is 16.2. The number of amides is 2. The van der Waals surface area contributed by atoms with Gasteiger partial charge < -0.3 is 15.7 Å². The maximum absolute atomic E-state index is 11.9. The molecule has 1 unspecified atom stereocenters. The van der Waals surface area contributed by atoms with Crippen LogP contribution in [0.2, 0.25) is 0 Å². The van der Waals surface area contributed by atoms with Crippen LogP contribution in [0.3, 0.4) is 0 Å². The highest BCUT2D eigenvalue weighted by atomic mass is 16.4. The van der Waals surface area contributed by atoms with Crippen LogP contribution in [0.25, 0.3) is 0 Å². The molecule has 0 aromatic carbocycles. The van der Waals surface area contributed by atoms with Crippen molar-refractivity contribution in [2.24, 2.45) is 0 Å². The Hall–Kier alpha value is -1.52. The Labute approximate surface area is 153 Å². The summed E-state index contributed by atoms with van der Waals surface area (Å²) in [6, 6.07) is -0.0902. The van der Waals surface area contributed by atoms with Crippen molar-refractivity contribution >= 4 is 12.0 Å². The van der Waals surface area contributed by atoms with Crippen molar-refractivity contribution in [3.63, 3.8) is 0 Å². The maximum Gasteiger partial charge on any atom is 0.315 e. The van der Waals surface area contributed by atoms with Gasteiger partial charge in [0.05, 0.1) is 0 Å². The predicted molar refractivity (Wildman–Crippen MR) is 104 cm³/mol. The minimum atomic E-state index is -0.692. The van der Waals surface area contributed by atoms with Crippen LogP contribution in [0.15, 0.2) is 12.7 Å². The van der Waals surface area contributed by atoms with Gasteiger partial charge in [-0.25, -0.2) is 4.79 Å². The second-order valence-corrected chi connectivity index (χ2v) is 7.11. The molecule has 0 aromatic heterocycles. The molecule has 0 radical (unpaired) electrons. The average Bonchev–Trinajstić information content (AvgIpc) is 2.55. The van der Waals surface area contributed by atoms with Crippen molar-refractivity contribution in [1.82, 2.24) is 10.6 Å². The Balaban J connectivity index is 3.44. The fraction of sp³-hybridized carbons (Fsp3) is 0.800. The third-order valence-corrected chi connectivity index (χ3v) is 4.64. The molecule has 0 spiro atoms. The molecule has 0 saturated carbocycles. The van der Waals surface area contributed by atoms with Gasteiger partial charge in [-0.05, 0) is 32.6 Å². The second kappa shape index (κ2) is 14.8. The Morgan fingerprint density at radius 3 is 2.00 bits per heavy atom. The van der Waals surface area contributed by atoms with Crippen molar-refractivity contribution in [2.45, 2.75) is 96.4 Å². The Morgan fingerprint density at radius 2 is 1.52 bits per heavy atom. The van der Waals surface area contributed by atoms with Gasteiger partial charge in [-0.15, -0.1) is 6.58 Å². The van der Waals surface area contributed by atoms with E-state index in [0.717, 1.165) is 51.5 Å². The van der Waals surface area contributed by atoms with E-state index in [4.69, 9.17) is 5.11 Å². The van der Waals surface area contributed by atoms with Gasteiger partial charge in [-0.3, -0.25) is 4.79 Å². The zero-order chi connectivity index (χ0) is 19.0. The molecule has 0 bridgehead atoms. The number of carboxylic acids is 1. The number of hydrogen-bond donors (Lipinski definition) is 3. The molecule has 1 atom stereocenters. The average molecular weight is 355 g/mol. The van der Waals surface area contributed by atoms with Gasteiger partial charge in [0.15, 0.2) is 0 Å². The quantitative estimate of drug-likeness (QED) is 0.269. The first-order valence-corrected chi connectivity index (χ1v) is 9.82. The van der Waals surface area contributed by atoms with Crippen molar-refractivity contribution in [3.8, 4) is 0 Å². The lowest BCUT2D eigenvalue weighted by Gasteiger charge is -2.28. The van der Waals surface area contributed by atoms with Crippen molar-refractivity contribution in [1.29, 1.82) is 0 Å². The molecule has 0 aliphatic carbocycles. The Kier molecular flexibility index (Phi) is 13.9. The number of unbranched alkanes of at least 4 members (excludes halogenated alkanes) is 8. The van der Waals surface area contributed by atoms with E-state index >= 15 is 0 Å². The molecule has 25 heavy (non-hydrogen) atoms. The van der Waals surface area contributed by atoms with Gasteiger partial charge in [-0.2, -0.15) is 0 Å². The highest BCUT2D eigenvalue weighted by molar-refractivity contribution is 5.74. The molecule has 0 saturated heterocycles. The largest absolute Gasteiger partial charge is 0.481 e. The van der Waals surface area contributed by atoms with Gasteiger partial charge in [0.2, 0.25) is 0 Å². The Morgan fingerprint density at radius 1 is 1.00 bits per heavy atom. The van der Waals surface area contributed by atoms with E-state index < -0.39 is 5.97 Å². The zero-order valence-corrected chi connectivity index (χ0v) is 16.2. The first-order chi connectivity index (χ1) is 11.9. The Bertz CT molecular complexity index is 385. The van der Waals surface area contributed by atoms with Crippen molar-refractivity contribution < 1.29 is 14.7 Å². The lowest BCUT2D eigenvalue weighted by molar-refractivity contribution is -0.137. The number of carboxylic acid groups (broad SMARTS) is 1. The van der Waals surface area contributed by atoms with Crippen LogP contribution in [0.1, 0.15) is 90.9 Å². The molecular weight excluding hydrogens is 316 g/mol. The molecule has 146 valence electrons. The summed E-state index contributed by atoms with van der Waals surface area (Å²) in [5, 5.41) is 14.5. The SMILES string of the molecule is C=CCC(C)(CC)NC(=O)NCCCCCCCCCCCC(=O)O. The summed E-state index contributed by atoms with van der Waals surface area (Å²) in [5.41, 5.74) is -0.212. The highest BCUT2D eigenvalue weighted by Crippen LogP contribution is 2.14. The summed E-state index contributed by atoms with van der Waals surface area (Å²) in [5.74, 6) is -0.692. The van der Waals surface area contributed by atoms with Gasteiger partial charge >= 0.3 is 12.0 Å². The molecule has 0 fully saturated rings. The molecule has 5 nitrogen and oxygen atoms in total. The van der Waals surface area contributed by atoms with E-state index in [9.17, 15) is 9.59 Å². The third-order valence-electron chi connectivity index (χ3n) is 4.64. The smallest absolute Gasteiger partial charge is 0.315 e. The van der Waals surface area contributed by atoms with Crippen LogP contribution in [0.4, 0.5) is 4.79 Å². The van der Waals surface area contributed by atoms with Gasteiger partial charge in [0, 0.05) is 18.5 Å². The summed E-state index contributed by atoms with van der Waals surface area (Å²) in [6.07, 6.45) is 13.7. The normalized spacial score (nSPS) is 13.0. The summed E-state index contributed by atoms with van der Waals surface area (Å²) in [7, 11) is 0. The molecule has 0 aliphatic heterocycles. The van der Waals surface area contributed by atoms with Gasteiger partial charge in [-0.1, -0.05) is 57.9 Å². The summed E-state index contributed by atoms with van der Waals surface area (Å²) < 4.78 is 0. The molecule has 3 N–H and O–H groups in total. The van der Waals surface area contributed by atoms with E-state index in [1.165, 1.54) is 25.7 Å². The van der Waals surface area contributed by atoms with Crippen LogP contribution >= 0.6 is 0 Å². The lowest BCUT2D eigenvalue weighted by Crippen LogP contribution is -2.49. The van der Waals surface area contributed by atoms with Crippen molar-refractivity contribution in [2.75, 3.05) is 6.54 Å². The van der Waals surface area contributed by atoms with Crippen LogP contribution in [0.5, 0.6) is 0 Å². The van der Waals surface area contributed by atoms with Gasteiger partial charge in [0.25, 0.3) is 0 Å². The fourth-order valence-electron chi connectivity index (χ4n) is 2.76. The topological polar surface area (TPSA) is 78.4 Å². The summed E-state index contributed by atoms with van der Waals surface area (Å²) in [6.45, 7) is 8.56. The van der Waals surface area contributed by atoms with Crippen molar-refractivity contribution in [3.05, 3.63) is 12.7 Å². The molecule has 0 heterocycles. The van der Waals surface area contributed by atoms with Crippen LogP contribution < -0.4 is 10.6 Å². The fourth-order valence-corrected chi connectivity index (χ4v) is 2.76. The minimum absolute atomic E-state index is 0.0902. The standard InChI is InChI=1S/C20H38N2O3/c1-4-16-20(3,5-2)22-19(25)21-17-14-12-10-8-6-7-9-11-13-15-18(23)24/h4H,1,5-17H2,2-3H3,(H,23,24)(H2,21,22,25). The second-order valence-electron chi connectivity index (χ2n) is 7.11. The molecule has 2 amide bonds. The predicted octanol–water partition coefficient (Wildman–Crippen LogP) is 5.02. The van der Waals surface area contributed by atoms with Gasteiger partial charge in [0.1, 0.15) is 0 Å². The molecular formula is C20H38N2O3.